The number of carbonyl (C=O) groups excluding carboxylic acids is 1. The van der Waals surface area contributed by atoms with Crippen LogP contribution in [0, 0.1) is 17.6 Å². The summed E-state index contributed by atoms with van der Waals surface area (Å²) in [6.45, 7) is 10.1. The molecule has 2 atom stereocenters. The molecular weight excluding hydrogens is 546 g/mol. The average Bonchev–Trinajstić information content (AvgIpc) is 3.27. The number of rotatable bonds is 17. The molecule has 0 fully saturated rings. The summed E-state index contributed by atoms with van der Waals surface area (Å²) < 4.78 is 57.4. The highest BCUT2D eigenvalue weighted by Gasteiger charge is 2.51. The third kappa shape index (κ3) is 9.28. The molecule has 3 N–H and O–H groups in total. The van der Waals surface area contributed by atoms with Crippen LogP contribution in [0.2, 0.25) is 0 Å². The summed E-state index contributed by atoms with van der Waals surface area (Å²) in [4.78, 5) is 17.7. The van der Waals surface area contributed by atoms with E-state index in [0.29, 0.717) is 25.3 Å². The molecular formula is C27H43F2N4O4S2+. The molecule has 1 aromatic heterocycles. The number of carbonyl (C=O) groups is 1. The number of aromatic nitrogens is 1. The van der Waals surface area contributed by atoms with Crippen molar-refractivity contribution >= 4 is 27.5 Å². The molecule has 1 amide bonds. The predicted octanol–water partition coefficient (Wildman–Crippen LogP) is 4.09. The Morgan fingerprint density at radius 2 is 1.69 bits per heavy atom. The van der Waals surface area contributed by atoms with E-state index in [1.807, 2.05) is 13.8 Å². The van der Waals surface area contributed by atoms with Gasteiger partial charge in [-0.25, -0.2) is 18.5 Å². The molecule has 2 unspecified atom stereocenters. The molecule has 0 radical (unpaired) electrons. The van der Waals surface area contributed by atoms with Gasteiger partial charge in [0.05, 0.1) is 18.1 Å². The van der Waals surface area contributed by atoms with E-state index >= 15 is 0 Å². The number of thiazole rings is 1. The number of aliphatic hydroxyl groups is 1. The molecule has 0 aliphatic heterocycles. The van der Waals surface area contributed by atoms with Gasteiger partial charge in [0.15, 0.2) is 0 Å². The zero-order valence-corrected chi connectivity index (χ0v) is 25.2. The fourth-order valence-electron chi connectivity index (χ4n) is 4.86. The number of aliphatic hydroxyl groups excluding tert-OH is 1. The Kier molecular flexibility index (Phi) is 12.9. The fourth-order valence-corrected chi connectivity index (χ4v) is 8.00. The lowest BCUT2D eigenvalue weighted by molar-refractivity contribution is -0.838. The van der Waals surface area contributed by atoms with E-state index in [1.165, 1.54) is 0 Å². The van der Waals surface area contributed by atoms with Crippen molar-refractivity contribution in [3.8, 4) is 0 Å². The van der Waals surface area contributed by atoms with E-state index < -0.39 is 43.8 Å². The maximum Gasteiger partial charge on any atom is 0.396 e. The summed E-state index contributed by atoms with van der Waals surface area (Å²) in [5.41, 5.74) is 0.226. The number of quaternary nitrogens is 1. The summed E-state index contributed by atoms with van der Waals surface area (Å²) in [7, 11) is -4.33. The minimum Gasteiger partial charge on any atom is -0.386 e. The van der Waals surface area contributed by atoms with Crippen LogP contribution in [0.1, 0.15) is 69.3 Å². The Balaban J connectivity index is 2.44. The van der Waals surface area contributed by atoms with Crippen molar-refractivity contribution in [3.05, 3.63) is 51.5 Å². The maximum absolute atomic E-state index is 14.1. The molecule has 12 heteroatoms. The lowest BCUT2D eigenvalue weighted by Gasteiger charge is -2.44. The van der Waals surface area contributed by atoms with E-state index in [9.17, 15) is 27.1 Å². The highest BCUT2D eigenvalue weighted by molar-refractivity contribution is 7.84. The van der Waals surface area contributed by atoms with Gasteiger partial charge in [0.2, 0.25) is 5.91 Å². The Hall–Kier alpha value is -1.99. The second kappa shape index (κ2) is 15.1. The van der Waals surface area contributed by atoms with E-state index in [0.717, 1.165) is 34.5 Å². The van der Waals surface area contributed by atoms with Gasteiger partial charge in [-0.1, -0.05) is 34.6 Å². The highest BCUT2D eigenvalue weighted by atomic mass is 32.2. The van der Waals surface area contributed by atoms with Gasteiger partial charge in [0.1, 0.15) is 23.8 Å². The summed E-state index contributed by atoms with van der Waals surface area (Å²) in [5, 5.41) is 15.7. The monoisotopic (exact) mass is 589 g/mol. The van der Waals surface area contributed by atoms with Crippen LogP contribution in [0.3, 0.4) is 0 Å². The standard InChI is InChI=1S/C27H42F2N4O4S2/c1-6-9-33(10-7-2,39(36,37)32-26(35)8-3)24(14-20-12-21(28)15-22(29)13-20)25(34)18-30-16-23-17-31-27(38-23)11-19(4)5/h12-13,15,17,19,24-25,30,34H,6-11,14,16,18H2,1-5H3/p+1. The number of nitrogens with one attached hydrogen (secondary N) is 2. The lowest BCUT2D eigenvalue weighted by Crippen LogP contribution is -2.68. The van der Waals surface area contributed by atoms with E-state index in [4.69, 9.17) is 0 Å². The van der Waals surface area contributed by atoms with Crippen LogP contribution in [0.4, 0.5) is 8.78 Å². The Morgan fingerprint density at radius 3 is 2.23 bits per heavy atom. The topological polar surface area (TPSA) is 108 Å². The Morgan fingerprint density at radius 1 is 1.08 bits per heavy atom. The molecule has 0 saturated heterocycles. The third-order valence-corrected chi connectivity index (χ3v) is 9.60. The van der Waals surface area contributed by atoms with Crippen molar-refractivity contribution in [2.45, 2.75) is 85.4 Å². The predicted molar refractivity (Wildman–Crippen MR) is 150 cm³/mol. The van der Waals surface area contributed by atoms with Crippen molar-refractivity contribution in [2.24, 2.45) is 5.92 Å². The molecule has 2 rings (SSSR count). The lowest BCUT2D eigenvalue weighted by atomic mass is 9.98. The number of amides is 1. The summed E-state index contributed by atoms with van der Waals surface area (Å²) in [6, 6.07) is 2.03. The maximum atomic E-state index is 14.1. The van der Waals surface area contributed by atoms with E-state index in [1.54, 1.807) is 24.5 Å². The first kappa shape index (κ1) is 33.2. The molecule has 2 aromatic rings. The number of hydrogen-bond acceptors (Lipinski definition) is 7. The zero-order chi connectivity index (χ0) is 29.2. The average molecular weight is 590 g/mol. The van der Waals surface area contributed by atoms with Crippen molar-refractivity contribution < 1.29 is 31.0 Å². The molecule has 0 saturated carbocycles. The van der Waals surface area contributed by atoms with Crippen LogP contribution in [0.5, 0.6) is 0 Å². The summed E-state index contributed by atoms with van der Waals surface area (Å²) in [6.07, 6.45) is 2.17. The van der Waals surface area contributed by atoms with Crippen molar-refractivity contribution in [1.82, 2.24) is 15.0 Å². The summed E-state index contributed by atoms with van der Waals surface area (Å²) in [5.74, 6) is -1.75. The first-order valence-corrected chi connectivity index (χ1v) is 15.8. The van der Waals surface area contributed by atoms with Gasteiger partial charge < -0.3 is 10.4 Å². The SMILES string of the molecule is CCC[N+](CCC)(C(Cc1cc(F)cc(F)c1)C(O)CNCc1cnc(CC(C)C)s1)S(=O)(=O)NC(=O)CC. The summed E-state index contributed by atoms with van der Waals surface area (Å²) >= 11 is 1.58. The molecule has 0 aliphatic carbocycles. The molecule has 1 heterocycles. The number of hydrogen-bond donors (Lipinski definition) is 3. The largest absolute Gasteiger partial charge is 0.396 e. The number of nitrogens with zero attached hydrogens (tertiary/aromatic N) is 2. The molecule has 1 aromatic carbocycles. The quantitative estimate of drug-likeness (QED) is 0.240. The van der Waals surface area contributed by atoms with Crippen LogP contribution >= 0.6 is 11.3 Å². The van der Waals surface area contributed by atoms with Gasteiger partial charge in [-0.3, -0.25) is 4.79 Å². The number of benzene rings is 1. The number of halogens is 2. The normalized spacial score (nSPS) is 14.0. The van der Waals surface area contributed by atoms with Crippen molar-refractivity contribution in [1.29, 1.82) is 0 Å². The van der Waals surface area contributed by atoms with Gasteiger partial charge in [-0.2, -0.15) is 12.3 Å². The fraction of sp³-hybridized carbons (Fsp3) is 0.630. The second-order valence-corrected chi connectivity index (χ2v) is 13.4. The molecule has 0 bridgehead atoms. The van der Waals surface area contributed by atoms with Crippen molar-refractivity contribution in [2.75, 3.05) is 19.6 Å². The van der Waals surface area contributed by atoms with Crippen molar-refractivity contribution in [3.63, 3.8) is 0 Å². The Bertz CT molecular complexity index is 1150. The van der Waals surface area contributed by atoms with Crippen LogP contribution in [-0.4, -0.2) is 60.1 Å². The third-order valence-electron chi connectivity index (χ3n) is 6.50. The molecule has 0 spiro atoms. The van der Waals surface area contributed by atoms with Gasteiger partial charge >= 0.3 is 10.2 Å². The van der Waals surface area contributed by atoms with Gasteiger partial charge in [0, 0.05) is 49.5 Å². The van der Waals surface area contributed by atoms with Crippen LogP contribution in [0.15, 0.2) is 24.4 Å². The first-order valence-electron chi connectivity index (χ1n) is 13.6. The minimum atomic E-state index is -4.33. The van der Waals surface area contributed by atoms with Crippen LogP contribution in [0.25, 0.3) is 0 Å². The highest BCUT2D eigenvalue weighted by Crippen LogP contribution is 2.28. The first-order chi connectivity index (χ1) is 18.4. The van der Waals surface area contributed by atoms with Gasteiger partial charge in [-0.05, 0) is 36.5 Å². The second-order valence-electron chi connectivity index (χ2n) is 10.3. The van der Waals surface area contributed by atoms with Crippen LogP contribution in [-0.2, 0) is 34.4 Å². The zero-order valence-electron chi connectivity index (χ0n) is 23.5. The molecule has 39 heavy (non-hydrogen) atoms. The Labute approximate surface area is 235 Å². The van der Waals surface area contributed by atoms with Gasteiger partial charge in [0.25, 0.3) is 0 Å². The van der Waals surface area contributed by atoms with E-state index in [-0.39, 0.29) is 38.0 Å². The molecule has 0 aliphatic rings. The van der Waals surface area contributed by atoms with Crippen LogP contribution < -0.4 is 10.0 Å². The smallest absolute Gasteiger partial charge is 0.386 e. The molecule has 8 nitrogen and oxygen atoms in total. The van der Waals surface area contributed by atoms with Gasteiger partial charge in [-0.15, -0.1) is 11.3 Å². The molecule has 220 valence electrons. The van der Waals surface area contributed by atoms with E-state index in [2.05, 4.69) is 28.9 Å². The minimum absolute atomic E-state index is 0.0323.